The molecule has 0 saturated carbocycles. The number of anilines is 1. The summed E-state index contributed by atoms with van der Waals surface area (Å²) in [6, 6.07) is 17.9. The third kappa shape index (κ3) is 4.36. The molecule has 0 aliphatic rings. The highest BCUT2D eigenvalue weighted by Crippen LogP contribution is 2.29. The molecule has 5 rings (SSSR count). The molecule has 2 aromatic carbocycles. The highest BCUT2D eigenvalue weighted by Gasteiger charge is 2.18. The number of hydrogen-bond donors (Lipinski definition) is 2. The summed E-state index contributed by atoms with van der Waals surface area (Å²) < 4.78 is 3.55. The lowest BCUT2D eigenvalue weighted by Crippen LogP contribution is -2.26. The molecule has 3 heterocycles. The van der Waals surface area contributed by atoms with Gasteiger partial charge in [0.1, 0.15) is 0 Å². The highest BCUT2D eigenvalue weighted by atomic mass is 16.2. The maximum absolute atomic E-state index is 13.3. The Morgan fingerprint density at radius 2 is 1.89 bits per heavy atom. The number of rotatable bonds is 6. The van der Waals surface area contributed by atoms with Crippen molar-refractivity contribution in [1.82, 2.24) is 24.5 Å². The van der Waals surface area contributed by atoms with Gasteiger partial charge in [-0.05, 0) is 60.9 Å². The van der Waals surface area contributed by atoms with Crippen LogP contribution in [0.3, 0.4) is 0 Å². The molecule has 2 amide bonds. The van der Waals surface area contributed by atoms with E-state index in [2.05, 4.69) is 33.4 Å². The summed E-state index contributed by atoms with van der Waals surface area (Å²) in [6.45, 7) is 7.47. The Hall–Kier alpha value is -4.72. The lowest BCUT2D eigenvalue weighted by atomic mass is 10.0. The van der Waals surface area contributed by atoms with E-state index in [1.807, 2.05) is 80.2 Å². The third-order valence-corrected chi connectivity index (χ3v) is 6.22. The van der Waals surface area contributed by atoms with E-state index in [-0.39, 0.29) is 23.8 Å². The molecule has 0 unspecified atom stereocenters. The maximum atomic E-state index is 13.3. The quantitative estimate of drug-likeness (QED) is 0.343. The molecule has 8 nitrogen and oxygen atoms in total. The molecule has 0 radical (unpaired) electrons. The minimum atomic E-state index is -0.372. The SMILES string of the molecule is C=CC(=O)Nc1nc2cc(-c3ccc4c(c3)c(C(=O)N[C@@H](C)c3cccc(C)c3)cn4C)ccn2n1. The number of aromatic nitrogens is 4. The number of nitrogens with one attached hydrogen (secondary N) is 2. The molecular formula is C28H26N6O2. The molecule has 0 aliphatic carbocycles. The summed E-state index contributed by atoms with van der Waals surface area (Å²) in [5.41, 5.74) is 6.25. The first-order chi connectivity index (χ1) is 17.3. The van der Waals surface area contributed by atoms with E-state index in [0.29, 0.717) is 11.2 Å². The van der Waals surface area contributed by atoms with Crippen molar-refractivity contribution in [1.29, 1.82) is 0 Å². The van der Waals surface area contributed by atoms with Crippen molar-refractivity contribution in [3.63, 3.8) is 0 Å². The van der Waals surface area contributed by atoms with Gasteiger partial charge in [0.2, 0.25) is 11.9 Å². The van der Waals surface area contributed by atoms with E-state index >= 15 is 0 Å². The average molecular weight is 479 g/mol. The summed E-state index contributed by atoms with van der Waals surface area (Å²) in [7, 11) is 1.93. The van der Waals surface area contributed by atoms with Crippen molar-refractivity contribution < 1.29 is 9.59 Å². The third-order valence-electron chi connectivity index (χ3n) is 6.22. The van der Waals surface area contributed by atoms with E-state index in [0.717, 1.165) is 33.2 Å². The van der Waals surface area contributed by atoms with Gasteiger partial charge >= 0.3 is 0 Å². The van der Waals surface area contributed by atoms with Crippen LogP contribution in [-0.2, 0) is 11.8 Å². The Balaban J connectivity index is 1.47. The summed E-state index contributed by atoms with van der Waals surface area (Å²) in [5.74, 6) is -0.289. The van der Waals surface area contributed by atoms with E-state index in [9.17, 15) is 9.59 Å². The van der Waals surface area contributed by atoms with Gasteiger partial charge in [-0.25, -0.2) is 4.52 Å². The number of amides is 2. The standard InChI is InChI=1S/C28H26N6O2/c1-5-26(35)31-28-30-25-15-21(11-12-34(25)32-28)20-9-10-24-22(14-20)23(16-33(24)4)27(36)29-18(3)19-8-6-7-17(2)13-19/h5-16,18H,1H2,2-4H3,(H,29,36)(H,31,32,35)/t18-/m0/s1. The van der Waals surface area contributed by atoms with Gasteiger partial charge in [-0.1, -0.05) is 42.5 Å². The molecule has 0 fully saturated rings. The van der Waals surface area contributed by atoms with Gasteiger partial charge in [-0.2, -0.15) is 4.98 Å². The van der Waals surface area contributed by atoms with Gasteiger partial charge in [0.05, 0.1) is 11.6 Å². The number of fused-ring (bicyclic) bond motifs is 2. The van der Waals surface area contributed by atoms with Gasteiger partial charge in [0.25, 0.3) is 5.91 Å². The minimum Gasteiger partial charge on any atom is -0.350 e. The Morgan fingerprint density at radius 3 is 2.67 bits per heavy atom. The van der Waals surface area contributed by atoms with Crippen LogP contribution in [0, 0.1) is 6.92 Å². The van der Waals surface area contributed by atoms with Crippen molar-refractivity contribution in [2.24, 2.45) is 7.05 Å². The first-order valence-electron chi connectivity index (χ1n) is 11.6. The van der Waals surface area contributed by atoms with E-state index in [1.54, 1.807) is 10.7 Å². The van der Waals surface area contributed by atoms with Gasteiger partial charge in [0.15, 0.2) is 5.65 Å². The van der Waals surface area contributed by atoms with Crippen molar-refractivity contribution in [3.8, 4) is 11.1 Å². The fourth-order valence-corrected chi connectivity index (χ4v) is 4.33. The van der Waals surface area contributed by atoms with Gasteiger partial charge in [-0.15, -0.1) is 5.10 Å². The summed E-state index contributed by atoms with van der Waals surface area (Å²) in [5, 5.41) is 10.8. The summed E-state index contributed by atoms with van der Waals surface area (Å²) >= 11 is 0. The molecule has 36 heavy (non-hydrogen) atoms. The van der Waals surface area contributed by atoms with Gasteiger partial charge in [0, 0.05) is 30.3 Å². The van der Waals surface area contributed by atoms with Crippen LogP contribution in [0.25, 0.3) is 27.7 Å². The van der Waals surface area contributed by atoms with E-state index in [4.69, 9.17) is 0 Å². The Bertz CT molecular complexity index is 1640. The maximum Gasteiger partial charge on any atom is 0.253 e. The fourth-order valence-electron chi connectivity index (χ4n) is 4.33. The number of hydrogen-bond acceptors (Lipinski definition) is 4. The lowest BCUT2D eigenvalue weighted by Gasteiger charge is -2.14. The van der Waals surface area contributed by atoms with Gasteiger partial charge in [-0.3, -0.25) is 14.9 Å². The lowest BCUT2D eigenvalue weighted by molar-refractivity contribution is -0.111. The predicted octanol–water partition coefficient (Wildman–Crippen LogP) is 4.81. The number of benzene rings is 2. The van der Waals surface area contributed by atoms with Crippen molar-refractivity contribution in [2.75, 3.05) is 5.32 Å². The predicted molar refractivity (Wildman–Crippen MR) is 141 cm³/mol. The highest BCUT2D eigenvalue weighted by molar-refractivity contribution is 6.08. The van der Waals surface area contributed by atoms with Crippen molar-refractivity contribution >= 4 is 34.3 Å². The normalized spacial score (nSPS) is 12.0. The van der Waals surface area contributed by atoms with Crippen LogP contribution in [0.1, 0.15) is 34.5 Å². The van der Waals surface area contributed by atoms with Crippen LogP contribution in [-0.4, -0.2) is 31.0 Å². The largest absolute Gasteiger partial charge is 0.350 e. The molecule has 3 aromatic heterocycles. The van der Waals surface area contributed by atoms with E-state index < -0.39 is 0 Å². The molecule has 2 N–H and O–H groups in total. The van der Waals surface area contributed by atoms with Gasteiger partial charge < -0.3 is 9.88 Å². The fraction of sp³-hybridized carbons (Fsp3) is 0.143. The van der Waals surface area contributed by atoms with Crippen LogP contribution in [0.2, 0.25) is 0 Å². The second kappa shape index (κ2) is 9.14. The summed E-state index contributed by atoms with van der Waals surface area (Å²) in [4.78, 5) is 29.2. The van der Waals surface area contributed by atoms with Crippen LogP contribution >= 0.6 is 0 Å². The van der Waals surface area contributed by atoms with Crippen molar-refractivity contribution in [3.05, 3.63) is 96.3 Å². The molecule has 0 saturated heterocycles. The smallest absolute Gasteiger partial charge is 0.253 e. The zero-order valence-electron chi connectivity index (χ0n) is 20.3. The first kappa shape index (κ1) is 23.0. The second-order valence-electron chi connectivity index (χ2n) is 8.84. The molecule has 180 valence electrons. The zero-order chi connectivity index (χ0) is 25.4. The second-order valence-corrected chi connectivity index (χ2v) is 8.84. The van der Waals surface area contributed by atoms with Crippen molar-refractivity contribution in [2.45, 2.75) is 19.9 Å². The molecule has 0 bridgehead atoms. The topological polar surface area (TPSA) is 93.3 Å². The number of carbonyl (C=O) groups excluding carboxylic acids is 2. The monoisotopic (exact) mass is 478 g/mol. The summed E-state index contributed by atoms with van der Waals surface area (Å²) in [6.07, 6.45) is 4.82. The number of nitrogens with zero attached hydrogens (tertiary/aromatic N) is 4. The molecule has 8 heteroatoms. The first-order valence-corrected chi connectivity index (χ1v) is 11.6. The molecule has 0 spiro atoms. The number of pyridine rings is 1. The molecule has 1 atom stereocenters. The van der Waals surface area contributed by atoms with E-state index in [1.165, 1.54) is 6.08 Å². The molecule has 0 aliphatic heterocycles. The Labute approximate surface area is 208 Å². The van der Waals surface area contributed by atoms with Crippen LogP contribution in [0.5, 0.6) is 0 Å². The van der Waals surface area contributed by atoms with Crippen LogP contribution < -0.4 is 10.6 Å². The zero-order valence-corrected chi connectivity index (χ0v) is 20.3. The Morgan fingerprint density at radius 1 is 1.08 bits per heavy atom. The molecule has 5 aromatic rings. The van der Waals surface area contributed by atoms with Crippen LogP contribution in [0.4, 0.5) is 5.95 Å². The van der Waals surface area contributed by atoms with Crippen LogP contribution in [0.15, 0.2) is 79.6 Å². The minimum absolute atomic E-state index is 0.123. The molecular weight excluding hydrogens is 452 g/mol. The number of carbonyl (C=O) groups is 2. The average Bonchev–Trinajstić information content (AvgIpc) is 3.43. The number of aryl methyl sites for hydroxylation is 2. The Kier molecular flexibility index (Phi) is 5.85.